The molecule has 0 spiro atoms. The molecule has 1 aliphatic rings. The van der Waals surface area contributed by atoms with Crippen molar-refractivity contribution in [2.75, 3.05) is 13.7 Å². The Kier molecular flexibility index (Phi) is 6.05. The summed E-state index contributed by atoms with van der Waals surface area (Å²) in [6, 6.07) is 13.1. The smallest absolute Gasteiger partial charge is 0.266 e. The maximum absolute atomic E-state index is 13.1. The van der Waals surface area contributed by atoms with Crippen molar-refractivity contribution in [2.45, 2.75) is 13.0 Å². The van der Waals surface area contributed by atoms with Gasteiger partial charge in [-0.15, -0.1) is 0 Å². The molecule has 0 bridgehead atoms. The average molecular weight is 502 g/mol. The number of amides is 2. The summed E-state index contributed by atoms with van der Waals surface area (Å²) < 4.78 is 7.35. The van der Waals surface area contributed by atoms with Crippen LogP contribution in [0.2, 0.25) is 0 Å². The summed E-state index contributed by atoms with van der Waals surface area (Å²) in [5, 5.41) is 19.4. The van der Waals surface area contributed by atoms with Gasteiger partial charge in [-0.3, -0.25) is 14.9 Å². The van der Waals surface area contributed by atoms with Crippen molar-refractivity contribution in [3.8, 4) is 5.75 Å². The summed E-state index contributed by atoms with van der Waals surface area (Å²) in [6.45, 7) is 0.831. The highest BCUT2D eigenvalue weighted by Gasteiger charge is 2.35. The Balaban J connectivity index is 1.58. The summed E-state index contributed by atoms with van der Waals surface area (Å²) in [6.07, 6.45) is 4.12. The maximum Gasteiger partial charge on any atom is 0.266 e. The molecule has 0 unspecified atom stereocenters. The number of hydrogen-bond acceptors (Lipinski definition) is 5. The molecule has 0 fully saturated rings. The molecule has 0 radical (unpaired) electrons. The van der Waals surface area contributed by atoms with Crippen molar-refractivity contribution in [1.82, 2.24) is 20.2 Å². The summed E-state index contributed by atoms with van der Waals surface area (Å²) in [5.74, 6) is -0.564. The molecule has 2 amide bonds. The molecule has 0 aliphatic carbocycles. The van der Waals surface area contributed by atoms with Gasteiger partial charge in [0.25, 0.3) is 17.8 Å². The number of hydrogen-bond donors (Lipinski definition) is 4. The van der Waals surface area contributed by atoms with Crippen molar-refractivity contribution < 1.29 is 19.4 Å². The van der Waals surface area contributed by atoms with Crippen molar-refractivity contribution >= 4 is 50.7 Å². The Morgan fingerprint density at radius 3 is 2.65 bits per heavy atom. The van der Waals surface area contributed by atoms with Gasteiger partial charge < -0.3 is 25.3 Å². The lowest BCUT2D eigenvalue weighted by atomic mass is 9.95. The van der Waals surface area contributed by atoms with Gasteiger partial charge in [0, 0.05) is 59.0 Å². The number of hydrazone groups is 1. The standard InChI is InChI=1S/C25H23N7O5/c1-37-14-7-8-16-18(13-31(20(16)11-14)10-4-9-27-25(26)30-32(35)36)22-21(23(33)29-24(22)34)17-12-28-19-6-3-2-5-15(17)19/h2-3,5-8,11-13,28H,4,9-10H2,1H3,(H3,26,27,30)(H,29,33,34). The van der Waals surface area contributed by atoms with E-state index < -0.39 is 16.8 Å². The highest BCUT2D eigenvalue weighted by Crippen LogP contribution is 2.39. The van der Waals surface area contributed by atoms with Gasteiger partial charge in [0.15, 0.2) is 5.03 Å². The summed E-state index contributed by atoms with van der Waals surface area (Å²) in [5.41, 5.74) is 9.01. The molecular weight excluding hydrogens is 478 g/mol. The second kappa shape index (κ2) is 9.49. The van der Waals surface area contributed by atoms with Crippen LogP contribution in [0, 0.1) is 10.1 Å². The lowest BCUT2D eigenvalue weighted by molar-refractivity contribution is -0.485. The van der Waals surface area contributed by atoms with Gasteiger partial charge in [-0.05, 0) is 24.6 Å². The normalized spacial score (nSPS) is 14.0. The highest BCUT2D eigenvalue weighted by molar-refractivity contribution is 6.50. The quantitative estimate of drug-likeness (QED) is 0.0716. The van der Waals surface area contributed by atoms with Crippen LogP contribution in [0.1, 0.15) is 17.5 Å². The molecule has 4 aromatic rings. The Labute approximate surface area is 209 Å². The van der Waals surface area contributed by atoms with Crippen LogP contribution in [-0.2, 0) is 16.1 Å². The predicted molar refractivity (Wildman–Crippen MR) is 138 cm³/mol. The van der Waals surface area contributed by atoms with Crippen LogP contribution in [0.5, 0.6) is 5.75 Å². The first-order valence-corrected chi connectivity index (χ1v) is 11.4. The molecule has 188 valence electrons. The van der Waals surface area contributed by atoms with Gasteiger partial charge in [-0.2, -0.15) is 0 Å². The third kappa shape index (κ3) is 4.35. The van der Waals surface area contributed by atoms with Gasteiger partial charge in [-0.1, -0.05) is 18.2 Å². The number of rotatable bonds is 8. The monoisotopic (exact) mass is 501 g/mol. The number of para-hydroxylation sites is 1. The molecule has 2 aromatic carbocycles. The first-order valence-electron chi connectivity index (χ1n) is 11.4. The number of aromatic amines is 1. The molecule has 0 saturated carbocycles. The fourth-order valence-electron chi connectivity index (χ4n) is 4.62. The lowest BCUT2D eigenvalue weighted by Crippen LogP contribution is -2.33. The predicted octanol–water partition coefficient (Wildman–Crippen LogP) is 2.18. The van der Waals surface area contributed by atoms with E-state index >= 15 is 0 Å². The number of nitrogens with two attached hydrogens (primary N) is 1. The first-order chi connectivity index (χ1) is 17.9. The molecule has 0 atom stereocenters. The van der Waals surface area contributed by atoms with Crippen LogP contribution in [0.3, 0.4) is 0 Å². The second-order valence-corrected chi connectivity index (χ2v) is 8.40. The molecule has 5 N–H and O–H groups in total. The molecule has 2 aromatic heterocycles. The number of nitrogens with one attached hydrogen (secondary N) is 3. The zero-order valence-electron chi connectivity index (χ0n) is 19.8. The number of ether oxygens (including phenoxy) is 1. The maximum atomic E-state index is 13.1. The molecule has 5 rings (SSSR count). The number of nitrogens with zero attached hydrogens (tertiary/aromatic N) is 3. The molecule has 12 heteroatoms. The van der Waals surface area contributed by atoms with Crippen LogP contribution < -0.4 is 21.1 Å². The Morgan fingerprint density at radius 1 is 1.14 bits per heavy atom. The number of nitro groups is 1. The number of fused-ring (bicyclic) bond motifs is 2. The Hall–Kier alpha value is -5.13. The van der Waals surface area contributed by atoms with Crippen molar-refractivity contribution in [1.29, 1.82) is 0 Å². The largest absolute Gasteiger partial charge is 0.497 e. The Bertz CT molecular complexity index is 1630. The van der Waals surface area contributed by atoms with Gasteiger partial charge in [-0.25, -0.2) is 10.1 Å². The number of aryl methyl sites for hydroxylation is 1. The number of aromatic nitrogens is 2. The molecule has 12 nitrogen and oxygen atoms in total. The third-order valence-corrected chi connectivity index (χ3v) is 6.22. The number of guanidine groups is 1. The van der Waals surface area contributed by atoms with Crippen LogP contribution >= 0.6 is 0 Å². The van der Waals surface area contributed by atoms with Crippen molar-refractivity contribution in [3.05, 3.63) is 76.1 Å². The minimum absolute atomic E-state index is 0.278. The number of benzene rings is 2. The van der Waals surface area contributed by atoms with E-state index in [9.17, 15) is 19.7 Å². The van der Waals surface area contributed by atoms with E-state index in [1.54, 1.807) is 19.4 Å². The number of carbonyl (C=O) groups is 2. The summed E-state index contributed by atoms with van der Waals surface area (Å²) >= 11 is 0. The minimum atomic E-state index is -0.868. The minimum Gasteiger partial charge on any atom is -0.497 e. The summed E-state index contributed by atoms with van der Waals surface area (Å²) in [4.78, 5) is 39.7. The van der Waals surface area contributed by atoms with Gasteiger partial charge in [0.1, 0.15) is 10.9 Å². The summed E-state index contributed by atoms with van der Waals surface area (Å²) in [7, 11) is 1.57. The van der Waals surface area contributed by atoms with Crippen LogP contribution in [0.15, 0.2) is 60.0 Å². The number of carbonyl (C=O) groups excluding carboxylic acids is 2. The zero-order chi connectivity index (χ0) is 26.1. The van der Waals surface area contributed by atoms with Gasteiger partial charge in [0.05, 0.1) is 23.8 Å². The fraction of sp³-hybridized carbons (Fsp3) is 0.160. The van der Waals surface area contributed by atoms with Crippen LogP contribution in [0.4, 0.5) is 0 Å². The lowest BCUT2D eigenvalue weighted by Gasteiger charge is -2.07. The average Bonchev–Trinajstić information content (AvgIpc) is 3.53. The highest BCUT2D eigenvalue weighted by atomic mass is 16.7. The van der Waals surface area contributed by atoms with E-state index in [4.69, 9.17) is 10.5 Å². The number of imide groups is 1. The zero-order valence-corrected chi connectivity index (χ0v) is 19.8. The van der Waals surface area contributed by atoms with Crippen LogP contribution in [0.25, 0.3) is 33.0 Å². The number of methoxy groups -OCH3 is 1. The Morgan fingerprint density at radius 2 is 1.89 bits per heavy atom. The van der Waals surface area contributed by atoms with E-state index in [0.29, 0.717) is 47.5 Å². The van der Waals surface area contributed by atoms with E-state index in [-0.39, 0.29) is 5.96 Å². The van der Waals surface area contributed by atoms with E-state index in [2.05, 4.69) is 20.7 Å². The van der Waals surface area contributed by atoms with Gasteiger partial charge >= 0.3 is 0 Å². The van der Waals surface area contributed by atoms with Crippen molar-refractivity contribution in [3.63, 3.8) is 0 Å². The number of H-pyrrole nitrogens is 1. The van der Waals surface area contributed by atoms with E-state index in [1.807, 2.05) is 47.2 Å². The molecule has 3 heterocycles. The molecule has 1 aliphatic heterocycles. The SMILES string of the molecule is COc1ccc2c(C3=C(c4c[nH]c5ccccc45)C(=O)NC3=O)cn(CCCNC(N)=N[N+](=O)[O-])c2c1. The molecular formula is C25H23N7O5. The van der Waals surface area contributed by atoms with Gasteiger partial charge in [0.2, 0.25) is 0 Å². The van der Waals surface area contributed by atoms with E-state index in [0.717, 1.165) is 21.8 Å². The second-order valence-electron chi connectivity index (χ2n) is 8.40. The fourth-order valence-corrected chi connectivity index (χ4v) is 4.62. The van der Waals surface area contributed by atoms with E-state index in [1.165, 1.54) is 0 Å². The third-order valence-electron chi connectivity index (χ3n) is 6.22. The topological polar surface area (TPSA) is 170 Å². The molecule has 37 heavy (non-hydrogen) atoms. The molecule has 0 saturated heterocycles. The first kappa shape index (κ1) is 23.6. The van der Waals surface area contributed by atoms with Crippen molar-refractivity contribution in [2.24, 2.45) is 10.8 Å². The van der Waals surface area contributed by atoms with Crippen LogP contribution in [-0.4, -0.2) is 46.0 Å².